The number of unbranched alkanes of at least 4 members (excludes halogenated alkanes) is 1. The lowest BCUT2D eigenvalue weighted by molar-refractivity contribution is 0.327. The smallest absolute Gasteiger partial charge is 0.123 e. The maximum absolute atomic E-state index is 13.0. The Labute approximate surface area is 111 Å². The summed E-state index contributed by atoms with van der Waals surface area (Å²) in [6, 6.07) is 7.31. The number of halogens is 1. The van der Waals surface area contributed by atoms with Gasteiger partial charge in [-0.05, 0) is 36.6 Å². The molecule has 1 aromatic carbocycles. The molecule has 102 valence electrons. The first-order valence-corrected chi connectivity index (χ1v) is 7.21. The average molecular weight is 251 g/mol. The fourth-order valence-corrected chi connectivity index (χ4v) is 2.52. The molecule has 1 rings (SSSR count). The third-order valence-electron chi connectivity index (χ3n) is 3.58. The second-order valence-electron chi connectivity index (χ2n) is 4.90. The lowest BCUT2D eigenvalue weighted by Crippen LogP contribution is -2.28. The van der Waals surface area contributed by atoms with E-state index in [4.69, 9.17) is 0 Å². The highest BCUT2D eigenvalue weighted by Gasteiger charge is 2.20. The molecule has 0 saturated carbocycles. The van der Waals surface area contributed by atoms with Crippen molar-refractivity contribution >= 4 is 0 Å². The maximum Gasteiger partial charge on any atom is 0.123 e. The molecule has 0 bridgehead atoms. The van der Waals surface area contributed by atoms with Crippen LogP contribution in [0, 0.1) is 11.7 Å². The molecule has 0 fully saturated rings. The maximum atomic E-state index is 13.0. The Morgan fingerprint density at radius 1 is 1.11 bits per heavy atom. The van der Waals surface area contributed by atoms with Gasteiger partial charge >= 0.3 is 0 Å². The van der Waals surface area contributed by atoms with Gasteiger partial charge in [-0.15, -0.1) is 0 Å². The van der Waals surface area contributed by atoms with Crippen LogP contribution in [0.1, 0.15) is 58.1 Å². The molecular formula is C16H26FN. The molecule has 0 aliphatic heterocycles. The van der Waals surface area contributed by atoms with Crippen LogP contribution in [0.5, 0.6) is 0 Å². The molecule has 0 radical (unpaired) electrons. The minimum Gasteiger partial charge on any atom is -0.310 e. The Morgan fingerprint density at radius 2 is 1.78 bits per heavy atom. The van der Waals surface area contributed by atoms with Crippen molar-refractivity contribution in [2.24, 2.45) is 5.92 Å². The van der Waals surface area contributed by atoms with Crippen LogP contribution < -0.4 is 5.32 Å². The van der Waals surface area contributed by atoms with E-state index >= 15 is 0 Å². The van der Waals surface area contributed by atoms with Gasteiger partial charge in [0.25, 0.3) is 0 Å². The van der Waals surface area contributed by atoms with Gasteiger partial charge in [-0.3, -0.25) is 0 Å². The summed E-state index contributed by atoms with van der Waals surface area (Å²) >= 11 is 0. The minimum atomic E-state index is -0.157. The number of benzene rings is 1. The van der Waals surface area contributed by atoms with Gasteiger partial charge in [-0.25, -0.2) is 4.39 Å². The Balaban J connectivity index is 2.81. The molecule has 1 nitrogen and oxygen atoms in total. The molecule has 0 spiro atoms. The molecule has 2 unspecified atom stereocenters. The van der Waals surface area contributed by atoms with Crippen molar-refractivity contribution in [1.82, 2.24) is 5.32 Å². The van der Waals surface area contributed by atoms with Crippen molar-refractivity contribution in [1.29, 1.82) is 0 Å². The van der Waals surface area contributed by atoms with E-state index in [9.17, 15) is 4.39 Å². The fourth-order valence-electron chi connectivity index (χ4n) is 2.52. The highest BCUT2D eigenvalue weighted by molar-refractivity contribution is 5.20. The van der Waals surface area contributed by atoms with Gasteiger partial charge in [-0.1, -0.05) is 52.2 Å². The molecule has 0 heterocycles. The van der Waals surface area contributed by atoms with E-state index in [0.717, 1.165) is 13.0 Å². The molecule has 18 heavy (non-hydrogen) atoms. The van der Waals surface area contributed by atoms with Crippen LogP contribution in [0.4, 0.5) is 4.39 Å². The molecule has 2 heteroatoms. The van der Waals surface area contributed by atoms with E-state index in [-0.39, 0.29) is 5.82 Å². The van der Waals surface area contributed by atoms with Crippen molar-refractivity contribution in [3.05, 3.63) is 35.6 Å². The number of nitrogens with one attached hydrogen (secondary N) is 1. The number of rotatable bonds is 8. The Morgan fingerprint density at radius 3 is 2.28 bits per heavy atom. The van der Waals surface area contributed by atoms with E-state index in [1.807, 2.05) is 12.1 Å². The molecule has 0 aliphatic carbocycles. The zero-order chi connectivity index (χ0) is 13.4. The standard InChI is InChI=1S/C16H26FN/c1-4-7-8-13(5-2)16(18-6-3)14-9-11-15(17)12-10-14/h9-13,16,18H,4-8H2,1-3H3. The molecule has 0 aliphatic rings. The highest BCUT2D eigenvalue weighted by Crippen LogP contribution is 2.29. The highest BCUT2D eigenvalue weighted by atomic mass is 19.1. The third kappa shape index (κ3) is 4.41. The summed E-state index contributed by atoms with van der Waals surface area (Å²) in [5, 5.41) is 3.56. The van der Waals surface area contributed by atoms with Crippen LogP contribution in [0.2, 0.25) is 0 Å². The quantitative estimate of drug-likeness (QED) is 0.706. The van der Waals surface area contributed by atoms with Crippen molar-refractivity contribution < 1.29 is 4.39 Å². The third-order valence-corrected chi connectivity index (χ3v) is 3.58. The summed E-state index contributed by atoms with van der Waals surface area (Å²) in [5.41, 5.74) is 1.21. The van der Waals surface area contributed by atoms with Crippen molar-refractivity contribution in [2.45, 2.75) is 52.5 Å². The lowest BCUT2D eigenvalue weighted by Gasteiger charge is -2.27. The Kier molecular flexibility index (Phi) is 6.96. The van der Waals surface area contributed by atoms with Gasteiger partial charge < -0.3 is 5.32 Å². The Hall–Kier alpha value is -0.890. The van der Waals surface area contributed by atoms with E-state index in [1.54, 1.807) is 12.1 Å². The van der Waals surface area contributed by atoms with Crippen LogP contribution in [0.15, 0.2) is 24.3 Å². The summed E-state index contributed by atoms with van der Waals surface area (Å²) in [6.07, 6.45) is 4.90. The van der Waals surface area contributed by atoms with Gasteiger partial charge in [-0.2, -0.15) is 0 Å². The summed E-state index contributed by atoms with van der Waals surface area (Å²) in [7, 11) is 0. The number of hydrogen-bond donors (Lipinski definition) is 1. The first-order chi connectivity index (χ1) is 8.72. The van der Waals surface area contributed by atoms with Crippen LogP contribution in [0.3, 0.4) is 0 Å². The first-order valence-electron chi connectivity index (χ1n) is 7.21. The van der Waals surface area contributed by atoms with E-state index in [2.05, 4.69) is 26.1 Å². The van der Waals surface area contributed by atoms with E-state index in [0.29, 0.717) is 12.0 Å². The van der Waals surface area contributed by atoms with Gasteiger partial charge in [0.15, 0.2) is 0 Å². The van der Waals surface area contributed by atoms with Crippen LogP contribution in [-0.4, -0.2) is 6.54 Å². The zero-order valence-electron chi connectivity index (χ0n) is 11.9. The predicted octanol–water partition coefficient (Wildman–Crippen LogP) is 4.69. The monoisotopic (exact) mass is 251 g/mol. The molecule has 0 aromatic heterocycles. The van der Waals surface area contributed by atoms with Crippen molar-refractivity contribution in [3.8, 4) is 0 Å². The van der Waals surface area contributed by atoms with Gasteiger partial charge in [0, 0.05) is 6.04 Å². The van der Waals surface area contributed by atoms with Crippen LogP contribution >= 0.6 is 0 Å². The zero-order valence-corrected chi connectivity index (χ0v) is 11.9. The second kappa shape index (κ2) is 8.25. The predicted molar refractivity (Wildman–Crippen MR) is 76.1 cm³/mol. The van der Waals surface area contributed by atoms with E-state index < -0.39 is 0 Å². The van der Waals surface area contributed by atoms with Gasteiger partial charge in [0.05, 0.1) is 0 Å². The average Bonchev–Trinajstić information content (AvgIpc) is 2.39. The summed E-state index contributed by atoms with van der Waals surface area (Å²) in [6.45, 7) is 7.55. The largest absolute Gasteiger partial charge is 0.310 e. The summed E-state index contributed by atoms with van der Waals surface area (Å²) < 4.78 is 13.0. The topological polar surface area (TPSA) is 12.0 Å². The van der Waals surface area contributed by atoms with Crippen molar-refractivity contribution in [3.63, 3.8) is 0 Å². The van der Waals surface area contributed by atoms with E-state index in [1.165, 1.54) is 24.8 Å². The summed E-state index contributed by atoms with van der Waals surface area (Å²) in [4.78, 5) is 0. The van der Waals surface area contributed by atoms with Gasteiger partial charge in [0.1, 0.15) is 5.82 Å². The van der Waals surface area contributed by atoms with Gasteiger partial charge in [0.2, 0.25) is 0 Å². The fraction of sp³-hybridized carbons (Fsp3) is 0.625. The summed E-state index contributed by atoms with van der Waals surface area (Å²) in [5.74, 6) is 0.478. The molecule has 1 aromatic rings. The first kappa shape index (κ1) is 15.2. The molecule has 0 saturated heterocycles. The lowest BCUT2D eigenvalue weighted by atomic mass is 9.87. The minimum absolute atomic E-state index is 0.157. The number of hydrogen-bond acceptors (Lipinski definition) is 1. The normalized spacial score (nSPS) is 14.4. The molecule has 2 atom stereocenters. The van der Waals surface area contributed by atoms with Crippen LogP contribution in [-0.2, 0) is 0 Å². The van der Waals surface area contributed by atoms with Crippen molar-refractivity contribution in [2.75, 3.05) is 6.54 Å². The Bertz CT molecular complexity index is 320. The molecular weight excluding hydrogens is 225 g/mol. The SMILES string of the molecule is CCCCC(CC)C(NCC)c1ccc(F)cc1. The van der Waals surface area contributed by atoms with Crippen LogP contribution in [0.25, 0.3) is 0 Å². The second-order valence-corrected chi connectivity index (χ2v) is 4.90. The molecule has 0 amide bonds. The molecule has 1 N–H and O–H groups in total.